The molecule has 0 bridgehead atoms. The minimum absolute atomic E-state index is 0.303. The van der Waals surface area contributed by atoms with Crippen molar-refractivity contribution in [3.63, 3.8) is 0 Å². The fourth-order valence-corrected chi connectivity index (χ4v) is 7.16. The van der Waals surface area contributed by atoms with Crippen molar-refractivity contribution < 1.29 is 26.3 Å². The molecule has 0 spiro atoms. The Bertz CT molecular complexity index is 1470. The molecule has 2 fully saturated rings. The summed E-state index contributed by atoms with van der Waals surface area (Å²) in [5, 5.41) is 0.990. The molecule has 12 heteroatoms. The van der Waals surface area contributed by atoms with Crippen LogP contribution in [0.25, 0.3) is 20.8 Å². The van der Waals surface area contributed by atoms with E-state index in [1.165, 1.54) is 11.3 Å². The van der Waals surface area contributed by atoms with E-state index in [1.807, 2.05) is 4.72 Å². The summed E-state index contributed by atoms with van der Waals surface area (Å²) < 4.78 is 72.0. The number of hydrogen-bond acceptors (Lipinski definition) is 6. The maximum absolute atomic E-state index is 12.8. The third kappa shape index (κ3) is 5.41. The number of anilines is 1. The summed E-state index contributed by atoms with van der Waals surface area (Å²) in [6.07, 6.45) is 2.28. The van der Waals surface area contributed by atoms with Crippen molar-refractivity contribution in [2.45, 2.75) is 51.1 Å². The number of nitrogens with zero attached hydrogens (tertiary/aromatic N) is 3. The Morgan fingerprint density at radius 3 is 2.39 bits per heavy atom. The van der Waals surface area contributed by atoms with Crippen molar-refractivity contribution in [1.82, 2.24) is 14.3 Å². The van der Waals surface area contributed by atoms with Gasteiger partial charge in [-0.15, -0.1) is 11.3 Å². The smallest absolute Gasteiger partial charge is 0.378 e. The molecule has 38 heavy (non-hydrogen) atoms. The first-order valence-corrected chi connectivity index (χ1v) is 15.3. The highest BCUT2D eigenvalue weighted by atomic mass is 32.2. The summed E-state index contributed by atoms with van der Waals surface area (Å²) in [6, 6.07) is 7.95. The highest BCUT2D eigenvalue weighted by Crippen LogP contribution is 2.36. The van der Waals surface area contributed by atoms with E-state index in [1.54, 1.807) is 11.3 Å². The lowest BCUT2D eigenvalue weighted by atomic mass is 10.0. The second kappa shape index (κ2) is 10.7. The third-order valence-electron chi connectivity index (χ3n) is 7.35. The van der Waals surface area contributed by atoms with E-state index in [2.05, 4.69) is 47.6 Å². The standard InChI is InChI=1S/C26H32F3N4O3S2/c1-3-17-13-20(32-7-5-19(6-8-32)31-38(34,35)26(27,28)29)15-22-24(17)30-25-18(4-2)14-21(16-23(25)37-22)33-9-11-36-12-10-33/h13-16,19,31H,3-12H2,1-2H3/q+1. The van der Waals surface area contributed by atoms with Crippen LogP contribution < -0.4 is 19.6 Å². The SMILES string of the molecule is CCc1cc(=[N+]2CCC(NS(=O)(=O)C(F)(F)F)CC2)cc2sc3cc(N4CCOCC4)cc(CC)c3nc1-2. The van der Waals surface area contributed by atoms with Crippen LogP contribution in [0.3, 0.4) is 0 Å². The number of fused-ring (bicyclic) bond motifs is 2. The predicted molar refractivity (Wildman–Crippen MR) is 144 cm³/mol. The van der Waals surface area contributed by atoms with E-state index < -0.39 is 21.6 Å². The molecule has 3 aliphatic heterocycles. The zero-order chi connectivity index (χ0) is 27.1. The zero-order valence-corrected chi connectivity index (χ0v) is 23.1. The van der Waals surface area contributed by atoms with E-state index in [4.69, 9.17) is 9.72 Å². The van der Waals surface area contributed by atoms with Crippen molar-refractivity contribution in [2.24, 2.45) is 0 Å². The molecule has 0 atom stereocenters. The van der Waals surface area contributed by atoms with Crippen LogP contribution in [0.1, 0.15) is 37.8 Å². The van der Waals surface area contributed by atoms with Crippen LogP contribution >= 0.6 is 11.3 Å². The average molecular weight is 570 g/mol. The Morgan fingerprint density at radius 2 is 1.76 bits per heavy atom. The second-order valence-corrected chi connectivity index (χ2v) is 12.5. The fraction of sp³-hybridized carbons (Fsp3) is 0.538. The highest BCUT2D eigenvalue weighted by Gasteiger charge is 2.47. The van der Waals surface area contributed by atoms with Gasteiger partial charge in [-0.25, -0.2) is 22.7 Å². The quantitative estimate of drug-likeness (QED) is 0.375. The summed E-state index contributed by atoms with van der Waals surface area (Å²) in [5.41, 5.74) is 0.240. The Morgan fingerprint density at radius 1 is 1.08 bits per heavy atom. The van der Waals surface area contributed by atoms with Gasteiger partial charge in [0.05, 0.1) is 34.0 Å². The molecule has 0 radical (unpaired) electrons. The molecule has 5 rings (SSSR count). The Kier molecular flexibility index (Phi) is 7.69. The molecule has 2 saturated heterocycles. The highest BCUT2D eigenvalue weighted by molar-refractivity contribution is 7.90. The lowest BCUT2D eigenvalue weighted by molar-refractivity contribution is -0.0452. The number of aromatic nitrogens is 1. The molecule has 4 aliphatic rings. The number of halogens is 3. The van der Waals surface area contributed by atoms with Crippen molar-refractivity contribution in [2.75, 3.05) is 44.3 Å². The largest absolute Gasteiger partial charge is 0.511 e. The van der Waals surface area contributed by atoms with Crippen LogP contribution in [0.15, 0.2) is 24.3 Å². The van der Waals surface area contributed by atoms with Gasteiger partial charge in [0, 0.05) is 49.8 Å². The lowest BCUT2D eigenvalue weighted by Crippen LogP contribution is -2.49. The molecule has 206 valence electrons. The molecule has 0 saturated carbocycles. The monoisotopic (exact) mass is 569 g/mol. The number of aryl methyl sites for hydroxylation is 2. The number of benzene rings is 2. The molecular formula is C26H32F3N4O3S2+. The van der Waals surface area contributed by atoms with Gasteiger partial charge in [-0.2, -0.15) is 13.2 Å². The third-order valence-corrected chi connectivity index (χ3v) is 9.66. The van der Waals surface area contributed by atoms with Gasteiger partial charge in [0.25, 0.3) is 0 Å². The second-order valence-electron chi connectivity index (χ2n) is 9.75. The number of nitrogens with one attached hydrogen (secondary N) is 1. The number of hydrogen-bond donors (Lipinski definition) is 1. The molecule has 1 aromatic rings. The van der Waals surface area contributed by atoms with Gasteiger partial charge in [-0.05, 0) is 36.1 Å². The van der Waals surface area contributed by atoms with Gasteiger partial charge in [0.2, 0.25) is 5.36 Å². The van der Waals surface area contributed by atoms with E-state index in [0.29, 0.717) is 25.9 Å². The zero-order valence-electron chi connectivity index (χ0n) is 21.5. The molecule has 1 aliphatic carbocycles. The Balaban J connectivity index is 1.52. The maximum atomic E-state index is 12.8. The normalized spacial score (nSPS) is 19.4. The van der Waals surface area contributed by atoms with Crippen LogP contribution in [-0.4, -0.2) is 64.3 Å². The van der Waals surface area contributed by atoms with Gasteiger partial charge in [-0.3, -0.25) is 0 Å². The van der Waals surface area contributed by atoms with Crippen molar-refractivity contribution in [3.8, 4) is 10.6 Å². The van der Waals surface area contributed by atoms with Crippen LogP contribution in [0.4, 0.5) is 18.9 Å². The summed E-state index contributed by atoms with van der Waals surface area (Å²) in [4.78, 5) is 8.55. The summed E-state index contributed by atoms with van der Waals surface area (Å²) in [7, 11) is -5.34. The summed E-state index contributed by atoms with van der Waals surface area (Å²) >= 11 is 1.71. The van der Waals surface area contributed by atoms with Crippen molar-refractivity contribution in [1.29, 1.82) is 0 Å². The summed E-state index contributed by atoms with van der Waals surface area (Å²) in [5.74, 6) is 0. The first-order valence-electron chi connectivity index (χ1n) is 13.0. The molecular weight excluding hydrogens is 537 g/mol. The maximum Gasteiger partial charge on any atom is 0.511 e. The van der Waals surface area contributed by atoms with Gasteiger partial charge >= 0.3 is 15.5 Å². The number of morpholine rings is 1. The van der Waals surface area contributed by atoms with Gasteiger partial charge < -0.3 is 9.64 Å². The molecule has 0 amide bonds. The first kappa shape index (κ1) is 27.3. The van der Waals surface area contributed by atoms with Crippen molar-refractivity contribution >= 4 is 37.3 Å². The Hall–Kier alpha value is -2.28. The molecule has 3 heterocycles. The van der Waals surface area contributed by atoms with Gasteiger partial charge in [0.15, 0.2) is 0 Å². The van der Waals surface area contributed by atoms with Crippen LogP contribution in [0.5, 0.6) is 0 Å². The van der Waals surface area contributed by atoms with E-state index in [-0.39, 0.29) is 0 Å². The number of rotatable bonds is 5. The first-order chi connectivity index (χ1) is 18.1. The van der Waals surface area contributed by atoms with Gasteiger partial charge in [-0.1, -0.05) is 13.8 Å². The summed E-state index contributed by atoms with van der Waals surface area (Å²) in [6.45, 7) is 8.33. The van der Waals surface area contributed by atoms with E-state index in [9.17, 15) is 21.6 Å². The predicted octanol–water partition coefficient (Wildman–Crippen LogP) is 3.74. The minimum Gasteiger partial charge on any atom is -0.378 e. The topological polar surface area (TPSA) is 74.5 Å². The fourth-order valence-electron chi connectivity index (χ4n) is 5.21. The molecule has 0 unspecified atom stereocenters. The number of sulfonamides is 1. The van der Waals surface area contributed by atoms with Crippen LogP contribution in [0.2, 0.25) is 0 Å². The number of alkyl halides is 3. The average Bonchev–Trinajstić information content (AvgIpc) is 2.90. The van der Waals surface area contributed by atoms with Crippen LogP contribution in [0, 0.1) is 0 Å². The number of piperidine rings is 1. The van der Waals surface area contributed by atoms with Crippen LogP contribution in [-0.2, 0) is 27.6 Å². The minimum atomic E-state index is -5.34. The molecule has 0 aromatic heterocycles. The molecule has 7 nitrogen and oxygen atoms in total. The Labute approximate surface area is 224 Å². The van der Waals surface area contributed by atoms with Gasteiger partial charge in [0.1, 0.15) is 13.1 Å². The lowest BCUT2D eigenvalue weighted by Gasteiger charge is -2.29. The van der Waals surface area contributed by atoms with Crippen molar-refractivity contribution in [3.05, 3.63) is 40.7 Å². The number of ether oxygens (including phenoxy) is 1. The van der Waals surface area contributed by atoms with E-state index in [0.717, 1.165) is 70.9 Å². The molecule has 1 aromatic carbocycles. The van der Waals surface area contributed by atoms with E-state index >= 15 is 0 Å². The molecule has 1 N–H and O–H groups in total.